The minimum absolute atomic E-state index is 0. The number of carbonyl (C=O) groups is 1. The largest absolute Gasteiger partial charge is 0.384 e. The van der Waals surface area contributed by atoms with Gasteiger partial charge in [-0.05, 0) is 13.0 Å². The lowest BCUT2D eigenvalue weighted by Crippen LogP contribution is -2.42. The zero-order valence-electron chi connectivity index (χ0n) is 9.66. The Bertz CT molecular complexity index is 196. The number of ether oxygens (including phenoxy) is 1. The summed E-state index contributed by atoms with van der Waals surface area (Å²) >= 11 is 0. The molecule has 1 aliphatic heterocycles. The minimum atomic E-state index is -0.0365. The van der Waals surface area contributed by atoms with E-state index in [1.165, 1.54) is 0 Å². The van der Waals surface area contributed by atoms with Gasteiger partial charge >= 0.3 is 0 Å². The average Bonchev–Trinajstić information content (AvgIpc) is 2.68. The van der Waals surface area contributed by atoms with Gasteiger partial charge in [0.25, 0.3) is 0 Å². The molecule has 0 aromatic rings. The van der Waals surface area contributed by atoms with Crippen molar-refractivity contribution in [3.05, 3.63) is 0 Å². The molecule has 1 aliphatic rings. The molecule has 0 aromatic carbocycles. The number of halogens is 1. The van der Waals surface area contributed by atoms with Crippen LogP contribution in [-0.2, 0) is 9.53 Å². The van der Waals surface area contributed by atoms with Crippen molar-refractivity contribution in [1.82, 2.24) is 10.2 Å². The van der Waals surface area contributed by atoms with Crippen molar-refractivity contribution in [1.29, 1.82) is 0 Å². The van der Waals surface area contributed by atoms with Crippen LogP contribution in [0.25, 0.3) is 0 Å². The summed E-state index contributed by atoms with van der Waals surface area (Å²) < 4.78 is 4.97. The van der Waals surface area contributed by atoms with Crippen LogP contribution in [0.2, 0.25) is 0 Å². The molecule has 2 unspecified atom stereocenters. The van der Waals surface area contributed by atoms with E-state index in [1.807, 2.05) is 18.9 Å². The van der Waals surface area contributed by atoms with E-state index in [4.69, 9.17) is 4.74 Å². The van der Waals surface area contributed by atoms with E-state index in [9.17, 15) is 4.79 Å². The molecule has 5 heteroatoms. The Balaban J connectivity index is 0.00000196. The van der Waals surface area contributed by atoms with Gasteiger partial charge in [0.1, 0.15) is 0 Å². The number of methoxy groups -OCH3 is 1. The van der Waals surface area contributed by atoms with Crippen LogP contribution < -0.4 is 5.32 Å². The highest BCUT2D eigenvalue weighted by Gasteiger charge is 2.26. The predicted molar refractivity (Wildman–Crippen MR) is 62.3 cm³/mol. The highest BCUT2D eigenvalue weighted by molar-refractivity contribution is 5.85. The maximum Gasteiger partial charge on any atom is 0.227 e. The fourth-order valence-corrected chi connectivity index (χ4v) is 1.82. The molecule has 1 saturated heterocycles. The monoisotopic (exact) mass is 236 g/mol. The number of hydrogen-bond acceptors (Lipinski definition) is 3. The molecule has 0 aliphatic carbocycles. The summed E-state index contributed by atoms with van der Waals surface area (Å²) in [4.78, 5) is 13.7. The Labute approximate surface area is 97.8 Å². The second kappa shape index (κ2) is 7.04. The summed E-state index contributed by atoms with van der Waals surface area (Å²) in [5.74, 6) is 0.145. The van der Waals surface area contributed by atoms with Gasteiger partial charge in [0.05, 0.1) is 12.5 Å². The second-order valence-corrected chi connectivity index (χ2v) is 3.95. The SMILES string of the molecule is COCC(C)C(=O)N(C)C1CCNC1.Cl. The molecule has 15 heavy (non-hydrogen) atoms. The van der Waals surface area contributed by atoms with E-state index in [0.717, 1.165) is 19.5 Å². The first-order chi connectivity index (χ1) is 6.66. The molecular formula is C10H21ClN2O2. The lowest BCUT2D eigenvalue weighted by atomic mass is 10.1. The van der Waals surface area contributed by atoms with Crippen molar-refractivity contribution < 1.29 is 9.53 Å². The van der Waals surface area contributed by atoms with Gasteiger partial charge in [-0.1, -0.05) is 6.92 Å². The van der Waals surface area contributed by atoms with E-state index >= 15 is 0 Å². The van der Waals surface area contributed by atoms with Crippen molar-refractivity contribution in [3.63, 3.8) is 0 Å². The molecule has 2 atom stereocenters. The van der Waals surface area contributed by atoms with Crippen LogP contribution in [-0.4, -0.2) is 50.7 Å². The third-order valence-corrected chi connectivity index (χ3v) is 2.77. The van der Waals surface area contributed by atoms with Crippen LogP contribution in [0.3, 0.4) is 0 Å². The molecule has 1 amide bonds. The van der Waals surface area contributed by atoms with E-state index in [2.05, 4.69) is 5.32 Å². The van der Waals surface area contributed by atoms with E-state index in [1.54, 1.807) is 7.11 Å². The third-order valence-electron chi connectivity index (χ3n) is 2.77. The molecule has 0 spiro atoms. The van der Waals surface area contributed by atoms with Gasteiger partial charge in [0.2, 0.25) is 5.91 Å². The van der Waals surface area contributed by atoms with E-state index < -0.39 is 0 Å². The Kier molecular flexibility index (Phi) is 6.89. The summed E-state index contributed by atoms with van der Waals surface area (Å²) in [6, 6.07) is 0.363. The molecule has 0 radical (unpaired) electrons. The Morgan fingerprint density at radius 1 is 1.67 bits per heavy atom. The van der Waals surface area contributed by atoms with Crippen molar-refractivity contribution in [2.75, 3.05) is 33.9 Å². The van der Waals surface area contributed by atoms with Gasteiger partial charge in [0, 0.05) is 26.7 Å². The molecule has 1 N–H and O–H groups in total. The topological polar surface area (TPSA) is 41.6 Å². The molecular weight excluding hydrogens is 216 g/mol. The first-order valence-corrected chi connectivity index (χ1v) is 5.13. The fourth-order valence-electron chi connectivity index (χ4n) is 1.82. The number of rotatable bonds is 4. The quantitative estimate of drug-likeness (QED) is 0.774. The van der Waals surface area contributed by atoms with Crippen molar-refractivity contribution in [2.45, 2.75) is 19.4 Å². The number of likely N-dealkylation sites (N-methyl/N-ethyl adjacent to an activating group) is 1. The van der Waals surface area contributed by atoms with Gasteiger partial charge < -0.3 is 15.0 Å². The van der Waals surface area contributed by atoms with Crippen LogP contribution in [0.15, 0.2) is 0 Å². The lowest BCUT2D eigenvalue weighted by molar-refractivity contribution is -0.137. The average molecular weight is 237 g/mol. The molecule has 0 bridgehead atoms. The summed E-state index contributed by atoms with van der Waals surface area (Å²) in [6.07, 6.45) is 1.06. The molecule has 0 saturated carbocycles. The molecule has 90 valence electrons. The van der Waals surface area contributed by atoms with E-state index in [-0.39, 0.29) is 24.2 Å². The van der Waals surface area contributed by atoms with Crippen molar-refractivity contribution >= 4 is 18.3 Å². The highest BCUT2D eigenvalue weighted by Crippen LogP contribution is 2.10. The summed E-state index contributed by atoms with van der Waals surface area (Å²) in [5.41, 5.74) is 0. The first kappa shape index (κ1) is 14.7. The molecule has 1 fully saturated rings. The number of nitrogens with zero attached hydrogens (tertiary/aromatic N) is 1. The Morgan fingerprint density at radius 3 is 2.80 bits per heavy atom. The smallest absolute Gasteiger partial charge is 0.227 e. The van der Waals surface area contributed by atoms with Crippen LogP contribution in [0.5, 0.6) is 0 Å². The number of carbonyl (C=O) groups excluding carboxylic acids is 1. The van der Waals surface area contributed by atoms with Crippen LogP contribution >= 0.6 is 12.4 Å². The standard InChI is InChI=1S/C10H20N2O2.ClH/c1-8(7-14-3)10(13)12(2)9-4-5-11-6-9;/h8-9,11H,4-7H2,1-3H3;1H. The maximum absolute atomic E-state index is 11.8. The van der Waals surface area contributed by atoms with Gasteiger partial charge in [-0.3, -0.25) is 4.79 Å². The number of hydrogen-bond donors (Lipinski definition) is 1. The van der Waals surface area contributed by atoms with Crippen LogP contribution in [0.1, 0.15) is 13.3 Å². The maximum atomic E-state index is 11.8. The lowest BCUT2D eigenvalue weighted by Gasteiger charge is -2.26. The van der Waals surface area contributed by atoms with Gasteiger partial charge in [-0.15, -0.1) is 12.4 Å². The van der Waals surface area contributed by atoms with Crippen molar-refractivity contribution in [2.24, 2.45) is 5.92 Å². The van der Waals surface area contributed by atoms with E-state index in [0.29, 0.717) is 12.6 Å². The molecule has 0 aromatic heterocycles. The van der Waals surface area contributed by atoms with Gasteiger partial charge in [-0.2, -0.15) is 0 Å². The first-order valence-electron chi connectivity index (χ1n) is 5.13. The minimum Gasteiger partial charge on any atom is -0.384 e. The summed E-state index contributed by atoms with van der Waals surface area (Å²) in [7, 11) is 3.51. The second-order valence-electron chi connectivity index (χ2n) is 3.95. The molecule has 1 rings (SSSR count). The van der Waals surface area contributed by atoms with Gasteiger partial charge in [0.15, 0.2) is 0 Å². The van der Waals surface area contributed by atoms with Crippen LogP contribution in [0.4, 0.5) is 0 Å². The van der Waals surface area contributed by atoms with Crippen molar-refractivity contribution in [3.8, 4) is 0 Å². The number of nitrogens with one attached hydrogen (secondary N) is 1. The highest BCUT2D eigenvalue weighted by atomic mass is 35.5. The molecule has 1 heterocycles. The predicted octanol–water partition coefficient (Wildman–Crippen LogP) is 0.511. The third kappa shape index (κ3) is 3.97. The zero-order valence-corrected chi connectivity index (χ0v) is 10.5. The zero-order chi connectivity index (χ0) is 10.6. The normalized spacial score (nSPS) is 21.9. The summed E-state index contributed by atoms with van der Waals surface area (Å²) in [6.45, 7) is 4.34. The summed E-state index contributed by atoms with van der Waals surface area (Å²) in [5, 5.41) is 3.25. The fraction of sp³-hybridized carbons (Fsp3) is 0.900. The van der Waals surface area contributed by atoms with Gasteiger partial charge in [-0.25, -0.2) is 0 Å². The Morgan fingerprint density at radius 2 is 2.33 bits per heavy atom. The molecule has 4 nitrogen and oxygen atoms in total. The van der Waals surface area contributed by atoms with Crippen LogP contribution in [0, 0.1) is 5.92 Å². The number of amides is 1. The Hall–Kier alpha value is -0.320.